The Morgan fingerprint density at radius 1 is 1.12 bits per heavy atom. The van der Waals surface area contributed by atoms with Gasteiger partial charge in [-0.25, -0.2) is 0 Å². The minimum Gasteiger partial charge on any atom is -0.338 e. The third kappa shape index (κ3) is 4.44. The van der Waals surface area contributed by atoms with Crippen LogP contribution in [0.15, 0.2) is 54.9 Å². The maximum atomic E-state index is 13.6. The monoisotopic (exact) mass is 470 g/mol. The highest BCUT2D eigenvalue weighted by atomic mass is 35.5. The van der Waals surface area contributed by atoms with Crippen molar-refractivity contribution in [1.29, 1.82) is 0 Å². The molecule has 1 aliphatic heterocycles. The molecule has 0 radical (unpaired) electrons. The molecule has 166 valence electrons. The predicted octanol–water partition coefficient (Wildman–Crippen LogP) is 4.46. The van der Waals surface area contributed by atoms with Gasteiger partial charge in [0.05, 0.1) is 27.8 Å². The Morgan fingerprint density at radius 3 is 2.62 bits per heavy atom. The summed E-state index contributed by atoms with van der Waals surface area (Å²) in [7, 11) is 1.98. The number of aromatic nitrogens is 1. The number of pyridine rings is 1. The summed E-state index contributed by atoms with van der Waals surface area (Å²) in [4.78, 5) is 33.1. The van der Waals surface area contributed by atoms with Crippen LogP contribution < -0.4 is 10.6 Å². The normalized spacial score (nSPS) is 18.3. The summed E-state index contributed by atoms with van der Waals surface area (Å²) in [5.74, 6) is -0.753. The summed E-state index contributed by atoms with van der Waals surface area (Å²) in [5, 5.41) is 8.39. The fourth-order valence-corrected chi connectivity index (χ4v) is 4.33. The molecule has 0 saturated carbocycles. The van der Waals surface area contributed by atoms with Gasteiger partial charge < -0.3 is 15.5 Å². The predicted molar refractivity (Wildman–Crippen MR) is 128 cm³/mol. The average Bonchev–Trinajstić information content (AvgIpc) is 3.22. The number of amides is 2. The largest absolute Gasteiger partial charge is 0.338 e. The van der Waals surface area contributed by atoms with Crippen molar-refractivity contribution in [2.45, 2.75) is 18.9 Å². The number of nitrogens with zero attached hydrogens (tertiary/aromatic N) is 2. The molecule has 2 unspecified atom stereocenters. The minimum absolute atomic E-state index is 0.172. The summed E-state index contributed by atoms with van der Waals surface area (Å²) < 4.78 is 0. The lowest BCUT2D eigenvalue weighted by atomic mass is 9.89. The van der Waals surface area contributed by atoms with E-state index >= 15 is 0 Å². The van der Waals surface area contributed by atoms with Crippen molar-refractivity contribution in [3.8, 4) is 0 Å². The van der Waals surface area contributed by atoms with Gasteiger partial charge in [0.1, 0.15) is 5.54 Å². The average molecular weight is 471 g/mol. The Hall–Kier alpha value is -2.67. The molecule has 2 aromatic carbocycles. The van der Waals surface area contributed by atoms with Crippen LogP contribution in [0, 0.1) is 5.92 Å². The van der Waals surface area contributed by atoms with E-state index in [1.165, 1.54) is 0 Å². The number of hydrogen-bond donors (Lipinski definition) is 2. The molecular weight excluding hydrogens is 447 g/mol. The molecule has 0 bridgehead atoms. The highest BCUT2D eigenvalue weighted by Crippen LogP contribution is 2.31. The van der Waals surface area contributed by atoms with Crippen LogP contribution in [0.4, 0.5) is 5.69 Å². The Labute approximate surface area is 196 Å². The van der Waals surface area contributed by atoms with Gasteiger partial charge in [-0.3, -0.25) is 14.6 Å². The lowest BCUT2D eigenvalue weighted by Crippen LogP contribution is -2.53. The van der Waals surface area contributed by atoms with E-state index in [2.05, 4.69) is 20.5 Å². The first-order valence-electron chi connectivity index (χ1n) is 10.4. The number of halogens is 2. The SMILES string of the molecule is CN1CCC(C(=O)NC(C)(C(=O)Nc2cncc3ccccc23)c2ccc(Cl)c(Cl)c2)C1. The van der Waals surface area contributed by atoms with Crippen molar-refractivity contribution in [3.63, 3.8) is 0 Å². The van der Waals surface area contributed by atoms with Gasteiger partial charge in [0.15, 0.2) is 0 Å². The molecule has 8 heteroatoms. The van der Waals surface area contributed by atoms with Crippen LogP contribution >= 0.6 is 23.2 Å². The number of rotatable bonds is 5. The molecule has 1 aliphatic rings. The number of carbonyl (C=O) groups excluding carboxylic acids is 2. The van der Waals surface area contributed by atoms with Gasteiger partial charge in [0.25, 0.3) is 5.91 Å². The highest BCUT2D eigenvalue weighted by molar-refractivity contribution is 6.42. The van der Waals surface area contributed by atoms with Gasteiger partial charge in [-0.2, -0.15) is 0 Å². The first-order chi connectivity index (χ1) is 15.3. The van der Waals surface area contributed by atoms with E-state index in [4.69, 9.17) is 23.2 Å². The first kappa shape index (κ1) is 22.5. The quantitative estimate of drug-likeness (QED) is 0.576. The molecule has 2 atom stereocenters. The molecule has 4 rings (SSSR count). The smallest absolute Gasteiger partial charge is 0.254 e. The molecule has 0 aliphatic carbocycles. The van der Waals surface area contributed by atoms with Crippen molar-refractivity contribution < 1.29 is 9.59 Å². The summed E-state index contributed by atoms with van der Waals surface area (Å²) >= 11 is 12.3. The van der Waals surface area contributed by atoms with Gasteiger partial charge in [-0.05, 0) is 44.6 Å². The van der Waals surface area contributed by atoms with E-state index in [1.807, 2.05) is 31.3 Å². The van der Waals surface area contributed by atoms with Gasteiger partial charge in [0.2, 0.25) is 5.91 Å². The Bertz CT molecular complexity index is 1180. The number of anilines is 1. The molecule has 3 aromatic rings. The summed E-state index contributed by atoms with van der Waals surface area (Å²) in [6.45, 7) is 3.17. The van der Waals surface area contributed by atoms with Gasteiger partial charge in [0, 0.05) is 23.5 Å². The second kappa shape index (κ2) is 9.06. The molecule has 1 fully saturated rings. The summed E-state index contributed by atoms with van der Waals surface area (Å²) in [6.07, 6.45) is 4.08. The van der Waals surface area contributed by atoms with Gasteiger partial charge >= 0.3 is 0 Å². The lowest BCUT2D eigenvalue weighted by Gasteiger charge is -2.31. The third-order valence-corrected chi connectivity index (χ3v) is 6.74. The number of fused-ring (bicyclic) bond motifs is 1. The van der Waals surface area contributed by atoms with E-state index in [-0.39, 0.29) is 11.8 Å². The molecule has 2 amide bonds. The van der Waals surface area contributed by atoms with Crippen molar-refractivity contribution in [3.05, 3.63) is 70.5 Å². The Morgan fingerprint density at radius 2 is 1.91 bits per heavy atom. The first-order valence-corrected chi connectivity index (χ1v) is 11.1. The number of benzene rings is 2. The zero-order valence-electron chi connectivity index (χ0n) is 17.9. The van der Waals surface area contributed by atoms with E-state index in [1.54, 1.807) is 37.5 Å². The molecule has 1 saturated heterocycles. The van der Waals surface area contributed by atoms with Crippen molar-refractivity contribution in [2.24, 2.45) is 5.92 Å². The molecule has 1 aromatic heterocycles. The van der Waals surface area contributed by atoms with Crippen LogP contribution in [0.2, 0.25) is 10.0 Å². The summed E-state index contributed by atoms with van der Waals surface area (Å²) in [6, 6.07) is 12.6. The molecular formula is C24H24Cl2N4O2. The molecule has 2 N–H and O–H groups in total. The van der Waals surface area contributed by atoms with Crippen LogP contribution in [-0.2, 0) is 15.1 Å². The maximum absolute atomic E-state index is 13.6. The molecule has 0 spiro atoms. The minimum atomic E-state index is -1.37. The lowest BCUT2D eigenvalue weighted by molar-refractivity contribution is -0.132. The number of nitrogens with one attached hydrogen (secondary N) is 2. The van der Waals surface area contributed by atoms with Crippen molar-refractivity contribution in [2.75, 3.05) is 25.5 Å². The fourth-order valence-electron chi connectivity index (χ4n) is 4.03. The molecule has 6 nitrogen and oxygen atoms in total. The number of carbonyl (C=O) groups is 2. The van der Waals surface area contributed by atoms with Crippen molar-refractivity contribution in [1.82, 2.24) is 15.2 Å². The van der Waals surface area contributed by atoms with E-state index in [0.29, 0.717) is 27.8 Å². The molecule has 2 heterocycles. The highest BCUT2D eigenvalue weighted by Gasteiger charge is 2.40. The van der Waals surface area contributed by atoms with Crippen LogP contribution in [0.1, 0.15) is 18.9 Å². The number of hydrogen-bond acceptors (Lipinski definition) is 4. The summed E-state index contributed by atoms with van der Waals surface area (Å²) in [5.41, 5.74) is -0.268. The second-order valence-corrected chi connectivity index (χ2v) is 9.17. The third-order valence-electron chi connectivity index (χ3n) is 6.00. The Kier molecular flexibility index (Phi) is 6.38. The standard InChI is InChI=1S/C24H24Cl2N4O2/c1-24(17-7-8-19(25)20(26)11-17,29-22(31)16-9-10-30(2)14-16)23(32)28-21-13-27-12-15-5-3-4-6-18(15)21/h3-8,11-13,16H,9-10,14H2,1-2H3,(H,28,32)(H,29,31). The second-order valence-electron chi connectivity index (χ2n) is 8.35. The van der Waals surface area contributed by atoms with Gasteiger partial charge in [-0.15, -0.1) is 0 Å². The van der Waals surface area contributed by atoms with E-state index in [0.717, 1.165) is 23.7 Å². The van der Waals surface area contributed by atoms with Crippen LogP contribution in [-0.4, -0.2) is 41.8 Å². The fraction of sp³-hybridized carbons (Fsp3) is 0.292. The van der Waals surface area contributed by atoms with E-state index in [9.17, 15) is 9.59 Å². The van der Waals surface area contributed by atoms with Crippen LogP contribution in [0.5, 0.6) is 0 Å². The maximum Gasteiger partial charge on any atom is 0.254 e. The zero-order chi connectivity index (χ0) is 22.9. The van der Waals surface area contributed by atoms with Gasteiger partial charge in [-0.1, -0.05) is 53.5 Å². The number of likely N-dealkylation sites (tertiary alicyclic amines) is 1. The molecule has 32 heavy (non-hydrogen) atoms. The Balaban J connectivity index is 1.69. The topological polar surface area (TPSA) is 74.3 Å². The van der Waals surface area contributed by atoms with Crippen molar-refractivity contribution >= 4 is 51.5 Å². The van der Waals surface area contributed by atoms with Crippen LogP contribution in [0.25, 0.3) is 10.8 Å². The van der Waals surface area contributed by atoms with E-state index < -0.39 is 11.4 Å². The zero-order valence-corrected chi connectivity index (χ0v) is 19.4. The van der Waals surface area contributed by atoms with Crippen LogP contribution in [0.3, 0.4) is 0 Å².